The minimum absolute atomic E-state index is 0.0138. The molecule has 2 unspecified atom stereocenters. The van der Waals surface area contributed by atoms with Crippen LogP contribution in [0.5, 0.6) is 5.88 Å². The molecule has 2 atom stereocenters. The van der Waals surface area contributed by atoms with E-state index in [1.54, 1.807) is 0 Å². The number of benzene rings is 3. The third kappa shape index (κ3) is 8.46. The summed E-state index contributed by atoms with van der Waals surface area (Å²) in [4.78, 5) is 13.0. The van der Waals surface area contributed by atoms with E-state index in [2.05, 4.69) is 28.8 Å². The van der Waals surface area contributed by atoms with E-state index in [1.165, 1.54) is 23.8 Å². The van der Waals surface area contributed by atoms with Crippen LogP contribution in [0.15, 0.2) is 83.4 Å². The van der Waals surface area contributed by atoms with E-state index in [-0.39, 0.29) is 36.8 Å². The molecule has 4 rings (SSSR count). The zero-order chi connectivity index (χ0) is 27.6. The SMILES string of the molecule is CCc1cccc(CNCC(O)C(Cc2cc(F)cc(F)c2)NC(=O)c2cc(OCc3ccccc3)no2)c1. The number of aliphatic hydroxyl groups excluding tert-OH is 1. The van der Waals surface area contributed by atoms with Crippen LogP contribution >= 0.6 is 0 Å². The van der Waals surface area contributed by atoms with Crippen molar-refractivity contribution in [3.8, 4) is 5.88 Å². The Hall–Kier alpha value is -4.08. The molecule has 9 heteroatoms. The Kier molecular flexibility index (Phi) is 9.77. The molecule has 0 spiro atoms. The van der Waals surface area contributed by atoms with Crippen molar-refractivity contribution in [2.45, 2.75) is 45.1 Å². The number of hydrogen-bond donors (Lipinski definition) is 3. The van der Waals surface area contributed by atoms with E-state index in [0.29, 0.717) is 6.54 Å². The number of aromatic nitrogens is 1. The highest BCUT2D eigenvalue weighted by molar-refractivity contribution is 5.91. The molecule has 1 amide bonds. The van der Waals surface area contributed by atoms with Crippen molar-refractivity contribution >= 4 is 5.91 Å². The van der Waals surface area contributed by atoms with Crippen LogP contribution in [0, 0.1) is 11.6 Å². The fraction of sp³-hybridized carbons (Fsp3) is 0.267. The number of aliphatic hydroxyl groups is 1. The number of hydrogen-bond acceptors (Lipinski definition) is 6. The summed E-state index contributed by atoms with van der Waals surface area (Å²) < 4.78 is 38.4. The molecule has 0 aliphatic heterocycles. The van der Waals surface area contributed by atoms with Gasteiger partial charge in [-0.2, -0.15) is 0 Å². The molecule has 0 saturated carbocycles. The highest BCUT2D eigenvalue weighted by Gasteiger charge is 2.25. The van der Waals surface area contributed by atoms with Crippen LogP contribution in [0.4, 0.5) is 8.78 Å². The van der Waals surface area contributed by atoms with Crippen LogP contribution in [0.3, 0.4) is 0 Å². The Morgan fingerprint density at radius 2 is 1.67 bits per heavy atom. The van der Waals surface area contributed by atoms with Crippen LogP contribution in [0.25, 0.3) is 0 Å². The molecular weight excluding hydrogens is 504 g/mol. The Balaban J connectivity index is 1.41. The van der Waals surface area contributed by atoms with E-state index in [4.69, 9.17) is 9.26 Å². The number of nitrogens with one attached hydrogen (secondary N) is 2. The number of carbonyl (C=O) groups excluding carboxylic acids is 1. The molecule has 0 aliphatic rings. The lowest BCUT2D eigenvalue weighted by atomic mass is 10.00. The van der Waals surface area contributed by atoms with Crippen molar-refractivity contribution < 1.29 is 27.9 Å². The van der Waals surface area contributed by atoms with Crippen LogP contribution in [-0.4, -0.2) is 34.9 Å². The fourth-order valence-electron chi connectivity index (χ4n) is 4.14. The molecule has 204 valence electrons. The first-order chi connectivity index (χ1) is 18.9. The summed E-state index contributed by atoms with van der Waals surface area (Å²) in [5, 5.41) is 20.6. The molecule has 1 heterocycles. The highest BCUT2D eigenvalue weighted by atomic mass is 19.1. The van der Waals surface area contributed by atoms with Crippen molar-refractivity contribution in [3.05, 3.63) is 119 Å². The number of nitrogens with zero attached hydrogens (tertiary/aromatic N) is 1. The summed E-state index contributed by atoms with van der Waals surface area (Å²) >= 11 is 0. The second-order valence-electron chi connectivity index (χ2n) is 9.24. The molecule has 39 heavy (non-hydrogen) atoms. The Labute approximate surface area is 225 Å². The van der Waals surface area contributed by atoms with Gasteiger partial charge in [0.1, 0.15) is 18.2 Å². The van der Waals surface area contributed by atoms with Gasteiger partial charge in [-0.15, -0.1) is 0 Å². The number of rotatable bonds is 13. The lowest BCUT2D eigenvalue weighted by Gasteiger charge is -2.24. The molecule has 0 radical (unpaired) electrons. The standard InChI is InChI=1S/C30H31F2N3O4/c1-2-20-9-6-10-22(11-20)17-33-18-27(36)26(14-23-12-24(31)15-25(32)13-23)34-30(37)28-16-29(35-39-28)38-19-21-7-4-3-5-8-21/h3-13,15-16,26-27,33,36H,2,14,17-19H2,1H3,(H,34,37). The lowest BCUT2D eigenvalue weighted by Crippen LogP contribution is -2.48. The number of aryl methyl sites for hydroxylation is 1. The molecule has 1 aromatic heterocycles. The minimum Gasteiger partial charge on any atom is -0.471 e. The summed E-state index contributed by atoms with van der Waals surface area (Å²) in [6.07, 6.45) is -0.179. The lowest BCUT2D eigenvalue weighted by molar-refractivity contribution is 0.0796. The van der Waals surface area contributed by atoms with Crippen LogP contribution in [0.1, 0.15) is 39.7 Å². The first-order valence-corrected chi connectivity index (χ1v) is 12.8. The summed E-state index contributed by atoms with van der Waals surface area (Å²) in [5.41, 5.74) is 3.47. The number of ether oxygens (including phenoxy) is 1. The van der Waals surface area contributed by atoms with Gasteiger partial charge in [0.05, 0.1) is 18.2 Å². The zero-order valence-electron chi connectivity index (χ0n) is 21.6. The molecule has 0 bridgehead atoms. The van der Waals surface area contributed by atoms with Crippen LogP contribution in [-0.2, 0) is 26.0 Å². The summed E-state index contributed by atoms with van der Waals surface area (Å²) in [6, 6.07) is 21.1. The average Bonchev–Trinajstić information content (AvgIpc) is 3.41. The van der Waals surface area contributed by atoms with E-state index >= 15 is 0 Å². The topological polar surface area (TPSA) is 96.6 Å². The van der Waals surface area contributed by atoms with Gasteiger partial charge in [-0.1, -0.05) is 61.5 Å². The van der Waals surface area contributed by atoms with Crippen molar-refractivity contribution in [2.75, 3.05) is 6.54 Å². The van der Waals surface area contributed by atoms with Crippen LogP contribution in [0.2, 0.25) is 0 Å². The highest BCUT2D eigenvalue weighted by Crippen LogP contribution is 2.16. The quantitative estimate of drug-likeness (QED) is 0.232. The summed E-state index contributed by atoms with van der Waals surface area (Å²) in [7, 11) is 0. The molecule has 0 saturated heterocycles. The average molecular weight is 536 g/mol. The van der Waals surface area contributed by atoms with Crippen molar-refractivity contribution in [1.29, 1.82) is 0 Å². The van der Waals surface area contributed by atoms with E-state index in [0.717, 1.165) is 23.6 Å². The predicted molar refractivity (Wildman–Crippen MR) is 142 cm³/mol. The Bertz CT molecular complexity index is 1340. The largest absolute Gasteiger partial charge is 0.471 e. The molecule has 4 aromatic rings. The van der Waals surface area contributed by atoms with Gasteiger partial charge in [-0.05, 0) is 52.4 Å². The molecule has 3 N–H and O–H groups in total. The van der Waals surface area contributed by atoms with Crippen LogP contribution < -0.4 is 15.4 Å². The molecular formula is C30H31F2N3O4. The van der Waals surface area contributed by atoms with Gasteiger partial charge in [-0.3, -0.25) is 4.79 Å². The van der Waals surface area contributed by atoms with E-state index < -0.39 is 29.7 Å². The van der Waals surface area contributed by atoms with Crippen molar-refractivity contribution in [2.24, 2.45) is 0 Å². The maximum atomic E-state index is 13.8. The maximum Gasteiger partial charge on any atom is 0.290 e. The van der Waals surface area contributed by atoms with Gasteiger partial charge in [0.25, 0.3) is 11.8 Å². The molecule has 3 aromatic carbocycles. The van der Waals surface area contributed by atoms with Gasteiger partial charge in [-0.25, -0.2) is 8.78 Å². The second kappa shape index (κ2) is 13.6. The second-order valence-corrected chi connectivity index (χ2v) is 9.24. The Morgan fingerprint density at radius 3 is 2.41 bits per heavy atom. The van der Waals surface area contributed by atoms with Crippen molar-refractivity contribution in [1.82, 2.24) is 15.8 Å². The zero-order valence-corrected chi connectivity index (χ0v) is 21.6. The maximum absolute atomic E-state index is 13.8. The fourth-order valence-corrected chi connectivity index (χ4v) is 4.14. The summed E-state index contributed by atoms with van der Waals surface area (Å²) in [6.45, 7) is 2.95. The first-order valence-electron chi connectivity index (χ1n) is 12.8. The van der Waals surface area contributed by atoms with Gasteiger partial charge >= 0.3 is 0 Å². The summed E-state index contributed by atoms with van der Waals surface area (Å²) in [5.74, 6) is -2.12. The van der Waals surface area contributed by atoms with Gasteiger partial charge in [0.15, 0.2) is 0 Å². The van der Waals surface area contributed by atoms with E-state index in [9.17, 15) is 18.7 Å². The van der Waals surface area contributed by atoms with E-state index in [1.807, 2.05) is 48.5 Å². The van der Waals surface area contributed by atoms with Gasteiger partial charge in [0.2, 0.25) is 5.76 Å². The molecule has 0 aliphatic carbocycles. The smallest absolute Gasteiger partial charge is 0.290 e. The third-order valence-corrected chi connectivity index (χ3v) is 6.18. The monoisotopic (exact) mass is 535 g/mol. The molecule has 7 nitrogen and oxygen atoms in total. The first kappa shape index (κ1) is 27.9. The number of carbonyl (C=O) groups is 1. The Morgan fingerprint density at radius 1 is 0.949 bits per heavy atom. The van der Waals surface area contributed by atoms with Crippen molar-refractivity contribution in [3.63, 3.8) is 0 Å². The predicted octanol–water partition coefficient (Wildman–Crippen LogP) is 4.59. The third-order valence-electron chi connectivity index (χ3n) is 6.18. The van der Waals surface area contributed by atoms with Gasteiger partial charge in [0, 0.05) is 19.2 Å². The number of halogens is 2. The number of amides is 1. The van der Waals surface area contributed by atoms with Gasteiger partial charge < -0.3 is 25.0 Å². The normalized spacial score (nSPS) is 12.6. The minimum atomic E-state index is -1.08. The molecule has 0 fully saturated rings.